The highest BCUT2D eigenvalue weighted by Gasteiger charge is 2.28. The smallest absolute Gasteiger partial charge is 0.310 e. The molecule has 0 aromatic heterocycles. The van der Waals surface area contributed by atoms with E-state index < -0.39 is 64.4 Å². The van der Waals surface area contributed by atoms with Gasteiger partial charge in [-0.2, -0.15) is 0 Å². The topological polar surface area (TPSA) is 170 Å². The number of sulfonamides is 1. The van der Waals surface area contributed by atoms with Gasteiger partial charge in [-0.05, 0) is 16.3 Å². The summed E-state index contributed by atoms with van der Waals surface area (Å²) >= 11 is 0. The van der Waals surface area contributed by atoms with E-state index in [4.69, 9.17) is 15.0 Å². The van der Waals surface area contributed by atoms with E-state index in [9.17, 15) is 27.6 Å². The number of carbonyl (C=O) groups is 4. The number of rotatable bonds is 11. The number of primary sulfonamides is 1. The average Bonchev–Trinajstić information content (AvgIpc) is 2.70. The highest BCUT2D eigenvalue weighted by molar-refractivity contribution is 7.89. The number of aliphatic carboxylic acids is 1. The van der Waals surface area contributed by atoms with Crippen molar-refractivity contribution in [3.63, 3.8) is 0 Å². The number of fused-ring (bicyclic) bond motifs is 1. The Bertz CT molecular complexity index is 1120. The molecular weight excluding hydrogens is 440 g/mol. The first-order chi connectivity index (χ1) is 15.0. The summed E-state index contributed by atoms with van der Waals surface area (Å²) in [6.45, 7) is 0.525. The van der Waals surface area contributed by atoms with Gasteiger partial charge in [0.25, 0.3) is 0 Å². The molecule has 0 bridgehead atoms. The Morgan fingerprint density at radius 2 is 1.75 bits per heavy atom. The maximum Gasteiger partial charge on any atom is 0.310 e. The summed E-state index contributed by atoms with van der Waals surface area (Å²) in [5.74, 6) is -5.55. The monoisotopic (exact) mass is 464 g/mol. The second-order valence-corrected chi connectivity index (χ2v) is 8.99. The van der Waals surface area contributed by atoms with Crippen LogP contribution in [0.15, 0.2) is 42.5 Å². The van der Waals surface area contributed by atoms with Gasteiger partial charge >= 0.3 is 11.9 Å². The lowest BCUT2D eigenvalue weighted by atomic mass is 10.0. The molecule has 1 amide bonds. The minimum Gasteiger partial charge on any atom is -0.481 e. The van der Waals surface area contributed by atoms with Crippen molar-refractivity contribution < 1.29 is 37.4 Å². The maximum atomic E-state index is 12.4. The Balaban J connectivity index is 1.99. The average molecular weight is 464 g/mol. The molecule has 0 saturated carbocycles. The first-order valence-electron chi connectivity index (χ1n) is 9.64. The van der Waals surface area contributed by atoms with E-state index in [0.717, 1.165) is 10.8 Å². The summed E-state index contributed by atoms with van der Waals surface area (Å²) < 4.78 is 27.3. The zero-order valence-corrected chi connectivity index (χ0v) is 18.1. The van der Waals surface area contributed by atoms with Gasteiger partial charge in [-0.15, -0.1) is 0 Å². The van der Waals surface area contributed by atoms with Gasteiger partial charge in [0.2, 0.25) is 15.9 Å². The fourth-order valence-electron chi connectivity index (χ4n) is 3.06. The van der Waals surface area contributed by atoms with Crippen LogP contribution in [0.2, 0.25) is 0 Å². The summed E-state index contributed by atoms with van der Waals surface area (Å²) in [7, 11) is -3.95. The molecule has 10 nitrogen and oxygen atoms in total. The highest BCUT2D eigenvalue weighted by atomic mass is 32.2. The van der Waals surface area contributed by atoms with Gasteiger partial charge in [0, 0.05) is 0 Å². The molecule has 11 heteroatoms. The normalized spacial score (nSPS) is 13.2. The molecule has 2 aromatic rings. The van der Waals surface area contributed by atoms with Crippen LogP contribution in [-0.4, -0.2) is 55.6 Å². The Hall–Kier alpha value is -3.31. The lowest BCUT2D eigenvalue weighted by molar-refractivity contribution is -0.148. The third-order valence-electron chi connectivity index (χ3n) is 4.60. The van der Waals surface area contributed by atoms with Gasteiger partial charge in [-0.25, -0.2) is 13.6 Å². The molecule has 0 fully saturated rings. The summed E-state index contributed by atoms with van der Waals surface area (Å²) in [4.78, 5) is 47.8. The molecule has 0 heterocycles. The molecule has 0 radical (unpaired) electrons. The van der Waals surface area contributed by atoms with E-state index in [2.05, 4.69) is 5.32 Å². The molecule has 0 aliphatic carbocycles. The van der Waals surface area contributed by atoms with Crippen molar-refractivity contribution in [2.24, 2.45) is 11.1 Å². The lowest BCUT2D eigenvalue weighted by Crippen LogP contribution is -2.47. The molecule has 4 N–H and O–H groups in total. The summed E-state index contributed by atoms with van der Waals surface area (Å²) in [5, 5.41) is 17.9. The number of amides is 1. The molecule has 2 atom stereocenters. The highest BCUT2D eigenvalue weighted by Crippen LogP contribution is 2.19. The molecule has 2 aromatic carbocycles. The molecule has 172 valence electrons. The van der Waals surface area contributed by atoms with Crippen LogP contribution in [0.25, 0.3) is 10.8 Å². The predicted molar refractivity (Wildman–Crippen MR) is 115 cm³/mol. The number of ether oxygens (including phenoxy) is 1. The number of ketones is 1. The first kappa shape index (κ1) is 25.0. The quantitative estimate of drug-likeness (QED) is 0.401. The van der Waals surface area contributed by atoms with Crippen molar-refractivity contribution in [3.8, 4) is 0 Å². The Morgan fingerprint density at radius 1 is 1.09 bits per heavy atom. The minimum absolute atomic E-state index is 0.101. The summed E-state index contributed by atoms with van der Waals surface area (Å²) in [5.41, 5.74) is 0.702. The second kappa shape index (κ2) is 10.8. The number of nitrogens with one attached hydrogen (secondary N) is 1. The SMILES string of the molecule is CC(CS(N)(=O)=O)C(=O)NC(CC(=O)O)C(=O)COC(=O)Cc1cccc2ccccc12. The van der Waals surface area contributed by atoms with Crippen LogP contribution in [0.1, 0.15) is 18.9 Å². The van der Waals surface area contributed by atoms with Gasteiger partial charge in [-0.1, -0.05) is 49.4 Å². The van der Waals surface area contributed by atoms with Gasteiger partial charge in [-0.3, -0.25) is 19.2 Å². The van der Waals surface area contributed by atoms with Gasteiger partial charge in [0.15, 0.2) is 12.4 Å². The standard InChI is InChI=1S/C21H24N2O8S/c1-13(12-32(22,29)30)21(28)23-17(10-19(25)26)18(24)11-31-20(27)9-15-7-4-6-14-5-2-3-8-16(14)15/h2-8,13,17H,9-12H2,1H3,(H,23,28)(H,25,26)(H2,22,29,30). The zero-order valence-electron chi connectivity index (χ0n) is 17.3. The molecule has 2 rings (SSSR count). The number of benzene rings is 2. The van der Waals surface area contributed by atoms with Crippen LogP contribution in [0, 0.1) is 5.92 Å². The third-order valence-corrected chi connectivity index (χ3v) is 5.57. The Kier molecular flexibility index (Phi) is 8.44. The van der Waals surface area contributed by atoms with E-state index in [-0.39, 0.29) is 6.42 Å². The molecule has 2 unspecified atom stereocenters. The van der Waals surface area contributed by atoms with E-state index >= 15 is 0 Å². The molecule has 0 aliphatic rings. The maximum absolute atomic E-state index is 12.4. The van der Waals surface area contributed by atoms with Crippen LogP contribution in [0.3, 0.4) is 0 Å². The first-order valence-corrected chi connectivity index (χ1v) is 11.4. The van der Waals surface area contributed by atoms with Crippen molar-refractivity contribution in [2.45, 2.75) is 25.8 Å². The number of carboxylic acids is 1. The fourth-order valence-corrected chi connectivity index (χ4v) is 3.91. The second-order valence-electron chi connectivity index (χ2n) is 7.33. The van der Waals surface area contributed by atoms with Crippen LogP contribution in [0.5, 0.6) is 0 Å². The van der Waals surface area contributed by atoms with E-state index in [1.165, 1.54) is 6.92 Å². The Labute approximate surface area is 184 Å². The number of Topliss-reactive ketones (excluding diaryl/α,β-unsaturated/α-hetero) is 1. The number of carbonyl (C=O) groups excluding carboxylic acids is 3. The van der Waals surface area contributed by atoms with E-state index in [0.29, 0.717) is 5.56 Å². The molecular formula is C21H24N2O8S. The number of carboxylic acid groups (broad SMARTS) is 1. The molecule has 0 aliphatic heterocycles. The molecule has 32 heavy (non-hydrogen) atoms. The summed E-state index contributed by atoms with van der Waals surface area (Å²) in [6.07, 6.45) is -0.858. The van der Waals surface area contributed by atoms with Gasteiger partial charge < -0.3 is 15.2 Å². The van der Waals surface area contributed by atoms with Crippen LogP contribution < -0.4 is 10.5 Å². The van der Waals surface area contributed by atoms with Crippen molar-refractivity contribution in [1.29, 1.82) is 0 Å². The minimum atomic E-state index is -3.95. The molecule has 0 spiro atoms. The fraction of sp³-hybridized carbons (Fsp3) is 0.333. The van der Waals surface area contributed by atoms with Crippen molar-refractivity contribution in [3.05, 3.63) is 48.0 Å². The van der Waals surface area contributed by atoms with E-state index in [1.54, 1.807) is 12.1 Å². The largest absolute Gasteiger partial charge is 0.481 e. The van der Waals surface area contributed by atoms with E-state index in [1.807, 2.05) is 30.3 Å². The van der Waals surface area contributed by atoms with Gasteiger partial charge in [0.05, 0.1) is 24.5 Å². The number of esters is 1. The van der Waals surface area contributed by atoms with Crippen LogP contribution in [0.4, 0.5) is 0 Å². The Morgan fingerprint density at radius 3 is 2.41 bits per heavy atom. The van der Waals surface area contributed by atoms with Gasteiger partial charge in [0.1, 0.15) is 6.04 Å². The van der Waals surface area contributed by atoms with Crippen LogP contribution in [-0.2, 0) is 40.4 Å². The number of hydrogen-bond acceptors (Lipinski definition) is 7. The number of nitrogens with two attached hydrogens (primary N) is 1. The van der Waals surface area contributed by atoms with Crippen molar-refractivity contribution in [2.75, 3.05) is 12.4 Å². The molecule has 0 saturated heterocycles. The lowest BCUT2D eigenvalue weighted by Gasteiger charge is -2.18. The van der Waals surface area contributed by atoms with Crippen LogP contribution >= 0.6 is 0 Å². The third kappa shape index (κ3) is 7.75. The predicted octanol–water partition coefficient (Wildman–Crippen LogP) is 0.379. The summed E-state index contributed by atoms with van der Waals surface area (Å²) in [6, 6.07) is 11.4. The van der Waals surface area contributed by atoms with Crippen molar-refractivity contribution in [1.82, 2.24) is 5.32 Å². The zero-order chi connectivity index (χ0) is 23.9. The number of hydrogen-bond donors (Lipinski definition) is 3. The van der Waals surface area contributed by atoms with Crippen molar-refractivity contribution >= 4 is 44.4 Å².